The van der Waals surface area contributed by atoms with E-state index in [1.807, 2.05) is 0 Å². The van der Waals surface area contributed by atoms with Crippen LogP contribution in [0.4, 0.5) is 38.3 Å². The van der Waals surface area contributed by atoms with Gasteiger partial charge in [-0.3, -0.25) is 4.79 Å². The molecule has 3 aromatic rings. The molecule has 0 fully saturated rings. The third-order valence-electron chi connectivity index (χ3n) is 6.90. The van der Waals surface area contributed by atoms with Gasteiger partial charge in [-0.2, -0.15) is 4.98 Å². The molecule has 258 valence electrons. The van der Waals surface area contributed by atoms with Crippen molar-refractivity contribution < 1.29 is 42.5 Å². The van der Waals surface area contributed by atoms with Gasteiger partial charge in [-0.05, 0) is 52.7 Å². The van der Waals surface area contributed by atoms with Crippen LogP contribution in [-0.4, -0.2) is 71.4 Å². The van der Waals surface area contributed by atoms with E-state index in [2.05, 4.69) is 30.9 Å². The van der Waals surface area contributed by atoms with Crippen molar-refractivity contribution in [1.82, 2.24) is 20.3 Å². The number of hydrogen-bond donors (Lipinski definition) is 3. The lowest BCUT2D eigenvalue weighted by Gasteiger charge is -2.30. The van der Waals surface area contributed by atoms with Crippen LogP contribution in [0.5, 0.6) is 23.0 Å². The standard InChI is InChI=1S/C32H40FN7O8/c1-16(2)23(27(41)48-31(3,4)5)37-30(43)40(17-13-20(44-8)24(46-10)21(14-17)45-9)29-34-15-18(33)25(39-29)35-22-12-11-19-26(36-22)38-28(42)32(6,7)47-19/h11-16,23H,1-10H3,(H,37,43)(H2,34,35,36,38,39,42). The number of carbonyl (C=O) groups excluding carboxylic acids is 3. The fourth-order valence-corrected chi connectivity index (χ4v) is 4.52. The number of aromatic nitrogens is 3. The highest BCUT2D eigenvalue weighted by Gasteiger charge is 2.37. The number of hydrogen-bond acceptors (Lipinski definition) is 12. The van der Waals surface area contributed by atoms with Crippen molar-refractivity contribution in [3.8, 4) is 23.0 Å². The largest absolute Gasteiger partial charge is 0.493 e. The van der Waals surface area contributed by atoms with Gasteiger partial charge in [0, 0.05) is 12.1 Å². The second-order valence-electron chi connectivity index (χ2n) is 12.5. The number of amides is 3. The fourth-order valence-electron chi connectivity index (χ4n) is 4.52. The van der Waals surface area contributed by atoms with Crippen LogP contribution in [0.1, 0.15) is 48.5 Å². The zero-order valence-corrected chi connectivity index (χ0v) is 28.5. The first-order valence-electron chi connectivity index (χ1n) is 14.9. The Morgan fingerprint density at radius 1 is 1.04 bits per heavy atom. The molecule has 0 aliphatic carbocycles. The molecule has 3 N–H and O–H groups in total. The number of ether oxygens (including phenoxy) is 5. The first-order chi connectivity index (χ1) is 22.5. The zero-order chi connectivity index (χ0) is 35.6. The second kappa shape index (κ2) is 13.8. The van der Waals surface area contributed by atoms with Crippen LogP contribution < -0.4 is 39.8 Å². The molecule has 1 atom stereocenters. The summed E-state index contributed by atoms with van der Waals surface area (Å²) in [5, 5.41) is 8.13. The smallest absolute Gasteiger partial charge is 0.329 e. The summed E-state index contributed by atoms with van der Waals surface area (Å²) in [5.41, 5.74) is -1.80. The average molecular weight is 670 g/mol. The Labute approximate surface area is 277 Å². The van der Waals surface area contributed by atoms with Gasteiger partial charge in [-0.1, -0.05) is 13.8 Å². The van der Waals surface area contributed by atoms with Gasteiger partial charge in [-0.15, -0.1) is 0 Å². The van der Waals surface area contributed by atoms with Gasteiger partial charge in [0.25, 0.3) is 5.91 Å². The lowest BCUT2D eigenvalue weighted by Crippen LogP contribution is -2.51. The number of methoxy groups -OCH3 is 3. The van der Waals surface area contributed by atoms with Crippen molar-refractivity contribution in [2.75, 3.05) is 36.9 Å². The molecule has 0 radical (unpaired) electrons. The van der Waals surface area contributed by atoms with E-state index in [9.17, 15) is 14.4 Å². The predicted octanol–water partition coefficient (Wildman–Crippen LogP) is 5.10. The maximum Gasteiger partial charge on any atom is 0.329 e. The van der Waals surface area contributed by atoms with Gasteiger partial charge < -0.3 is 39.6 Å². The molecule has 2 aromatic heterocycles. The number of nitrogens with one attached hydrogen (secondary N) is 3. The minimum atomic E-state index is -1.10. The summed E-state index contributed by atoms with van der Waals surface area (Å²) in [6, 6.07) is 4.07. The number of urea groups is 1. The molecule has 48 heavy (non-hydrogen) atoms. The van der Waals surface area contributed by atoms with E-state index in [0.29, 0.717) is 5.75 Å². The molecule has 1 aliphatic heterocycles. The van der Waals surface area contributed by atoms with E-state index in [4.69, 9.17) is 23.7 Å². The van der Waals surface area contributed by atoms with Crippen molar-refractivity contribution in [2.45, 2.75) is 65.7 Å². The third kappa shape index (κ3) is 7.75. The maximum absolute atomic E-state index is 15.2. The third-order valence-corrected chi connectivity index (χ3v) is 6.90. The van der Waals surface area contributed by atoms with Crippen molar-refractivity contribution in [1.29, 1.82) is 0 Å². The maximum atomic E-state index is 15.2. The topological polar surface area (TPSA) is 175 Å². The van der Waals surface area contributed by atoms with E-state index in [1.54, 1.807) is 54.5 Å². The number of esters is 1. The van der Waals surface area contributed by atoms with Crippen molar-refractivity contribution in [3.05, 3.63) is 36.3 Å². The molecule has 3 amide bonds. The van der Waals surface area contributed by atoms with Gasteiger partial charge in [0.2, 0.25) is 11.7 Å². The highest BCUT2D eigenvalue weighted by atomic mass is 19.1. The average Bonchev–Trinajstić information content (AvgIpc) is 3.00. The number of fused-ring (bicyclic) bond motifs is 1. The zero-order valence-electron chi connectivity index (χ0n) is 28.5. The molecule has 16 heteroatoms. The molecule has 1 aliphatic rings. The van der Waals surface area contributed by atoms with E-state index in [0.717, 1.165) is 11.1 Å². The lowest BCUT2D eigenvalue weighted by atomic mass is 10.0. The first-order valence-corrected chi connectivity index (χ1v) is 14.9. The molecule has 15 nitrogen and oxygen atoms in total. The summed E-state index contributed by atoms with van der Waals surface area (Å²) < 4.78 is 42.9. The Morgan fingerprint density at radius 2 is 1.69 bits per heavy atom. The quantitative estimate of drug-likeness (QED) is 0.244. The lowest BCUT2D eigenvalue weighted by molar-refractivity contribution is -0.158. The molecule has 0 saturated carbocycles. The number of pyridine rings is 1. The summed E-state index contributed by atoms with van der Waals surface area (Å²) in [7, 11) is 4.23. The summed E-state index contributed by atoms with van der Waals surface area (Å²) in [6.45, 7) is 11.9. The van der Waals surface area contributed by atoms with Crippen molar-refractivity contribution in [2.24, 2.45) is 5.92 Å². The van der Waals surface area contributed by atoms with Crippen LogP contribution in [0.25, 0.3) is 0 Å². The molecular weight excluding hydrogens is 629 g/mol. The minimum Gasteiger partial charge on any atom is -0.493 e. The summed E-state index contributed by atoms with van der Waals surface area (Å²) in [4.78, 5) is 53.4. The van der Waals surface area contributed by atoms with Gasteiger partial charge in [-0.25, -0.2) is 28.8 Å². The van der Waals surface area contributed by atoms with Crippen LogP contribution in [0.15, 0.2) is 30.5 Å². The van der Waals surface area contributed by atoms with E-state index in [-0.39, 0.29) is 52.3 Å². The van der Waals surface area contributed by atoms with Crippen LogP contribution >= 0.6 is 0 Å². The summed E-state index contributed by atoms with van der Waals surface area (Å²) in [6.07, 6.45) is 0.864. The van der Waals surface area contributed by atoms with Gasteiger partial charge in [0.1, 0.15) is 17.5 Å². The summed E-state index contributed by atoms with van der Waals surface area (Å²) >= 11 is 0. The van der Waals surface area contributed by atoms with Gasteiger partial charge in [0.15, 0.2) is 40.3 Å². The molecule has 1 unspecified atom stereocenters. The van der Waals surface area contributed by atoms with Gasteiger partial charge in [0.05, 0.1) is 33.2 Å². The number of halogens is 1. The Bertz CT molecular complexity index is 1690. The Kier molecular flexibility index (Phi) is 10.2. The first kappa shape index (κ1) is 35.4. The summed E-state index contributed by atoms with van der Waals surface area (Å²) in [5.74, 6) is -1.78. The fraction of sp³-hybridized carbons (Fsp3) is 0.438. The van der Waals surface area contributed by atoms with Crippen molar-refractivity contribution in [3.63, 3.8) is 0 Å². The van der Waals surface area contributed by atoms with Crippen LogP contribution in [0.2, 0.25) is 0 Å². The normalized spacial score (nSPS) is 14.1. The highest BCUT2D eigenvalue weighted by molar-refractivity contribution is 6.01. The Morgan fingerprint density at radius 3 is 2.25 bits per heavy atom. The van der Waals surface area contributed by atoms with Crippen LogP contribution in [-0.2, 0) is 14.3 Å². The van der Waals surface area contributed by atoms with E-state index >= 15 is 4.39 Å². The molecule has 1 aromatic carbocycles. The predicted molar refractivity (Wildman–Crippen MR) is 174 cm³/mol. The number of carbonyl (C=O) groups is 3. The van der Waals surface area contributed by atoms with Crippen molar-refractivity contribution >= 4 is 47.0 Å². The number of rotatable bonds is 10. The van der Waals surface area contributed by atoms with E-state index < -0.39 is 41.0 Å². The Balaban J connectivity index is 1.79. The molecule has 0 bridgehead atoms. The molecule has 4 rings (SSSR count). The Hall–Kier alpha value is -5.41. The van der Waals surface area contributed by atoms with Crippen LogP contribution in [0, 0.1) is 11.7 Å². The highest BCUT2D eigenvalue weighted by Crippen LogP contribution is 2.42. The SMILES string of the molecule is COc1cc(N(C(=O)NC(C(=O)OC(C)(C)C)C(C)C)c2ncc(F)c(Nc3ccc4c(n3)NC(=O)C(C)(C)O4)n2)cc(OC)c1OC. The number of nitrogens with zero attached hydrogens (tertiary/aromatic N) is 4. The van der Waals surface area contributed by atoms with E-state index in [1.165, 1.54) is 39.5 Å². The van der Waals surface area contributed by atoms with Crippen LogP contribution in [0.3, 0.4) is 0 Å². The van der Waals surface area contributed by atoms with Gasteiger partial charge >= 0.3 is 12.0 Å². The molecule has 3 heterocycles. The second-order valence-corrected chi connectivity index (χ2v) is 12.5. The number of benzene rings is 1. The monoisotopic (exact) mass is 669 g/mol. The molecule has 0 spiro atoms. The minimum absolute atomic E-state index is 0.106. The number of anilines is 5. The molecule has 0 saturated heterocycles. The molecular formula is C32H40FN7O8.